The minimum atomic E-state index is -3.37. The van der Waals surface area contributed by atoms with E-state index >= 15 is 0 Å². The lowest BCUT2D eigenvalue weighted by molar-refractivity contribution is 0.462. The highest BCUT2D eigenvalue weighted by atomic mass is 32.2. The topological polar surface area (TPSA) is 57.6 Å². The maximum Gasteiger partial charge on any atom is 0.243 e. The molecule has 1 N–H and O–H groups in total. The molecule has 1 fully saturated rings. The van der Waals surface area contributed by atoms with E-state index in [9.17, 15) is 8.42 Å². The molecule has 1 saturated carbocycles. The van der Waals surface area contributed by atoms with Crippen LogP contribution in [0.4, 0.5) is 0 Å². The molecule has 0 bridgehead atoms. The van der Waals surface area contributed by atoms with E-state index in [1.54, 1.807) is 7.05 Å². The number of rotatable bonds is 3. The van der Waals surface area contributed by atoms with Crippen LogP contribution in [0.2, 0.25) is 0 Å². The van der Waals surface area contributed by atoms with E-state index in [-0.39, 0.29) is 16.7 Å². The van der Waals surface area contributed by atoms with Gasteiger partial charge in [-0.05, 0) is 37.1 Å². The third-order valence-electron chi connectivity index (χ3n) is 2.57. The van der Waals surface area contributed by atoms with Crippen molar-refractivity contribution in [1.29, 1.82) is 0 Å². The van der Waals surface area contributed by atoms with Crippen molar-refractivity contribution in [3.63, 3.8) is 0 Å². The summed E-state index contributed by atoms with van der Waals surface area (Å²) in [6, 6.07) is 5.76. The number of aromatic hydroxyl groups is 1. The first kappa shape index (κ1) is 10.4. The van der Waals surface area contributed by atoms with Crippen molar-refractivity contribution in [3.8, 4) is 5.75 Å². The lowest BCUT2D eigenvalue weighted by atomic mass is 10.3. The number of nitrogens with zero attached hydrogens (tertiary/aromatic N) is 1. The number of phenolic OH excluding ortho intramolecular Hbond substituents is 1. The molecule has 5 heteroatoms. The summed E-state index contributed by atoms with van der Waals surface area (Å²) in [6.07, 6.45) is 1.88. The van der Waals surface area contributed by atoms with Crippen molar-refractivity contribution < 1.29 is 13.5 Å². The summed E-state index contributed by atoms with van der Waals surface area (Å²) in [6.45, 7) is 0. The van der Waals surface area contributed by atoms with Gasteiger partial charge in [0.25, 0.3) is 0 Å². The van der Waals surface area contributed by atoms with Gasteiger partial charge in [0, 0.05) is 13.1 Å². The van der Waals surface area contributed by atoms with E-state index in [1.807, 2.05) is 0 Å². The highest BCUT2D eigenvalue weighted by molar-refractivity contribution is 7.89. The molecule has 0 aliphatic heterocycles. The van der Waals surface area contributed by atoms with Gasteiger partial charge < -0.3 is 5.11 Å². The molecule has 82 valence electrons. The zero-order valence-electron chi connectivity index (χ0n) is 8.42. The predicted octanol–water partition coefficient (Wildman–Crippen LogP) is 1.18. The third kappa shape index (κ3) is 1.98. The lowest BCUT2D eigenvalue weighted by Gasteiger charge is -2.16. The van der Waals surface area contributed by atoms with Crippen LogP contribution in [0.15, 0.2) is 29.2 Å². The molecule has 0 radical (unpaired) electrons. The second-order valence-electron chi connectivity index (χ2n) is 3.75. The van der Waals surface area contributed by atoms with Gasteiger partial charge in [-0.1, -0.05) is 0 Å². The smallest absolute Gasteiger partial charge is 0.243 e. The number of hydrogen-bond donors (Lipinski definition) is 1. The first-order chi connectivity index (χ1) is 7.01. The predicted molar refractivity (Wildman–Crippen MR) is 56.1 cm³/mol. The van der Waals surface area contributed by atoms with Crippen molar-refractivity contribution in [3.05, 3.63) is 24.3 Å². The van der Waals surface area contributed by atoms with Crippen molar-refractivity contribution in [1.82, 2.24) is 4.31 Å². The highest BCUT2D eigenvalue weighted by Gasteiger charge is 2.34. The van der Waals surface area contributed by atoms with Crippen LogP contribution in [-0.4, -0.2) is 30.9 Å². The normalized spacial score (nSPS) is 16.9. The number of phenols is 1. The van der Waals surface area contributed by atoms with Gasteiger partial charge in [-0.15, -0.1) is 0 Å². The summed E-state index contributed by atoms with van der Waals surface area (Å²) in [5, 5.41) is 9.07. The Hall–Kier alpha value is -1.07. The zero-order valence-corrected chi connectivity index (χ0v) is 9.24. The maximum atomic E-state index is 12.0. The molecule has 0 heterocycles. The summed E-state index contributed by atoms with van der Waals surface area (Å²) >= 11 is 0. The SMILES string of the molecule is CN(C1CC1)S(=O)(=O)c1ccc(O)cc1. The van der Waals surface area contributed by atoms with E-state index in [2.05, 4.69) is 0 Å². The van der Waals surface area contributed by atoms with Gasteiger partial charge in [0.1, 0.15) is 5.75 Å². The number of benzene rings is 1. The van der Waals surface area contributed by atoms with Crippen LogP contribution in [0.1, 0.15) is 12.8 Å². The largest absolute Gasteiger partial charge is 0.508 e. The molecular weight excluding hydrogens is 214 g/mol. The van der Waals surface area contributed by atoms with Crippen molar-refractivity contribution in [2.75, 3.05) is 7.05 Å². The van der Waals surface area contributed by atoms with Crippen LogP contribution in [0.25, 0.3) is 0 Å². The minimum absolute atomic E-state index is 0.0722. The van der Waals surface area contributed by atoms with Crippen LogP contribution in [0.3, 0.4) is 0 Å². The van der Waals surface area contributed by atoms with Crippen molar-refractivity contribution >= 4 is 10.0 Å². The Balaban J connectivity index is 2.32. The Bertz CT molecular complexity index is 448. The second kappa shape index (κ2) is 3.50. The average molecular weight is 227 g/mol. The van der Waals surface area contributed by atoms with E-state index in [1.165, 1.54) is 28.6 Å². The molecule has 1 aromatic rings. The number of hydrogen-bond acceptors (Lipinski definition) is 3. The van der Waals surface area contributed by atoms with E-state index in [0.717, 1.165) is 12.8 Å². The molecule has 2 rings (SSSR count). The fourth-order valence-corrected chi connectivity index (χ4v) is 2.83. The first-order valence-corrected chi connectivity index (χ1v) is 6.23. The van der Waals surface area contributed by atoms with Gasteiger partial charge in [0.2, 0.25) is 10.0 Å². The first-order valence-electron chi connectivity index (χ1n) is 4.79. The fourth-order valence-electron chi connectivity index (χ4n) is 1.42. The highest BCUT2D eigenvalue weighted by Crippen LogP contribution is 2.30. The van der Waals surface area contributed by atoms with Crippen LogP contribution < -0.4 is 0 Å². The quantitative estimate of drug-likeness (QED) is 0.843. The third-order valence-corrected chi connectivity index (χ3v) is 4.50. The van der Waals surface area contributed by atoms with Gasteiger partial charge >= 0.3 is 0 Å². The Morgan fingerprint density at radius 1 is 1.27 bits per heavy atom. The molecule has 4 nitrogen and oxygen atoms in total. The fraction of sp³-hybridized carbons (Fsp3) is 0.400. The summed E-state index contributed by atoms with van der Waals surface area (Å²) < 4.78 is 25.3. The van der Waals surface area contributed by atoms with Crippen molar-refractivity contribution in [2.45, 2.75) is 23.8 Å². The van der Waals surface area contributed by atoms with Gasteiger partial charge in [-0.25, -0.2) is 8.42 Å². The molecule has 0 spiro atoms. The molecular formula is C10H13NO3S. The molecule has 1 aromatic carbocycles. The average Bonchev–Trinajstić information content (AvgIpc) is 3.00. The summed E-state index contributed by atoms with van der Waals surface area (Å²) in [5.74, 6) is 0.0722. The van der Waals surface area contributed by atoms with E-state index in [4.69, 9.17) is 5.11 Å². The minimum Gasteiger partial charge on any atom is -0.508 e. The molecule has 1 aliphatic rings. The molecule has 0 unspecified atom stereocenters. The van der Waals surface area contributed by atoms with Gasteiger partial charge in [0.05, 0.1) is 4.90 Å². The lowest BCUT2D eigenvalue weighted by Crippen LogP contribution is -2.28. The Morgan fingerprint density at radius 3 is 2.27 bits per heavy atom. The van der Waals surface area contributed by atoms with Crippen LogP contribution in [0, 0.1) is 0 Å². The van der Waals surface area contributed by atoms with E-state index in [0.29, 0.717) is 0 Å². The summed E-state index contributed by atoms with van der Waals surface area (Å²) in [4.78, 5) is 0.231. The molecule has 15 heavy (non-hydrogen) atoms. The molecule has 1 aliphatic carbocycles. The molecule has 0 aromatic heterocycles. The molecule has 0 saturated heterocycles. The maximum absolute atomic E-state index is 12.0. The van der Waals surface area contributed by atoms with Crippen LogP contribution in [0.5, 0.6) is 5.75 Å². The van der Waals surface area contributed by atoms with Crippen LogP contribution in [-0.2, 0) is 10.0 Å². The standard InChI is InChI=1S/C10H13NO3S/c1-11(8-2-3-8)15(13,14)10-6-4-9(12)5-7-10/h4-8,12H,2-3H2,1H3. The summed E-state index contributed by atoms with van der Waals surface area (Å²) in [5.41, 5.74) is 0. The van der Waals surface area contributed by atoms with Crippen LogP contribution >= 0.6 is 0 Å². The second-order valence-corrected chi connectivity index (χ2v) is 5.74. The monoisotopic (exact) mass is 227 g/mol. The van der Waals surface area contributed by atoms with Gasteiger partial charge in [0.15, 0.2) is 0 Å². The Morgan fingerprint density at radius 2 is 1.80 bits per heavy atom. The number of sulfonamides is 1. The van der Waals surface area contributed by atoms with E-state index < -0.39 is 10.0 Å². The summed E-state index contributed by atoms with van der Waals surface area (Å²) in [7, 11) is -1.77. The molecule has 0 atom stereocenters. The van der Waals surface area contributed by atoms with Gasteiger partial charge in [-0.3, -0.25) is 0 Å². The Kier molecular flexibility index (Phi) is 2.44. The Labute approximate surface area is 89.2 Å². The molecule has 0 amide bonds. The van der Waals surface area contributed by atoms with Gasteiger partial charge in [-0.2, -0.15) is 4.31 Å². The van der Waals surface area contributed by atoms with Crippen molar-refractivity contribution in [2.24, 2.45) is 0 Å². The zero-order chi connectivity index (χ0) is 11.1.